The highest BCUT2D eigenvalue weighted by atomic mass is 35.5. The molecule has 0 spiro atoms. The molecule has 3 rings (SSSR count). The van der Waals surface area contributed by atoms with E-state index in [2.05, 4.69) is 5.10 Å². The Hall–Kier alpha value is -2.84. The van der Waals surface area contributed by atoms with Gasteiger partial charge >= 0.3 is 5.97 Å². The number of anilines is 1. The summed E-state index contributed by atoms with van der Waals surface area (Å²) in [7, 11) is -3.98. The van der Waals surface area contributed by atoms with Crippen LogP contribution in [0.1, 0.15) is 10.4 Å². The number of nitrogens with two attached hydrogens (primary N) is 1. The molecule has 0 fully saturated rings. The van der Waals surface area contributed by atoms with Crippen molar-refractivity contribution in [2.45, 2.75) is 4.90 Å². The molecule has 0 saturated heterocycles. The number of nitrogens with zero attached hydrogens (tertiary/aromatic N) is 2. The molecule has 0 aliphatic carbocycles. The highest BCUT2D eigenvalue weighted by Crippen LogP contribution is 2.21. The lowest BCUT2D eigenvalue weighted by Gasteiger charge is -2.05. The van der Waals surface area contributed by atoms with E-state index in [0.717, 1.165) is 6.07 Å². The van der Waals surface area contributed by atoms with E-state index in [1.807, 2.05) is 0 Å². The lowest BCUT2D eigenvalue weighted by atomic mass is 10.2. The van der Waals surface area contributed by atoms with Gasteiger partial charge in [-0.25, -0.2) is 4.79 Å². The number of esters is 1. The van der Waals surface area contributed by atoms with Crippen molar-refractivity contribution in [3.05, 3.63) is 71.2 Å². The van der Waals surface area contributed by atoms with Crippen molar-refractivity contribution in [1.82, 2.24) is 9.19 Å². The Kier molecular flexibility index (Phi) is 4.47. The summed E-state index contributed by atoms with van der Waals surface area (Å²) >= 11 is 5.76. The number of hydrogen-bond acceptors (Lipinski definition) is 6. The first-order valence-corrected chi connectivity index (χ1v) is 8.83. The Morgan fingerprint density at radius 3 is 2.36 bits per heavy atom. The predicted molar refractivity (Wildman–Crippen MR) is 92.1 cm³/mol. The first-order valence-electron chi connectivity index (χ1n) is 7.02. The quantitative estimate of drug-likeness (QED) is 0.701. The van der Waals surface area contributed by atoms with Gasteiger partial charge < -0.3 is 10.5 Å². The maximum absolute atomic E-state index is 12.5. The first kappa shape index (κ1) is 17.0. The van der Waals surface area contributed by atoms with E-state index in [1.165, 1.54) is 36.4 Å². The van der Waals surface area contributed by atoms with E-state index in [-0.39, 0.29) is 22.2 Å². The summed E-state index contributed by atoms with van der Waals surface area (Å²) in [6.45, 7) is 0. The van der Waals surface area contributed by atoms with Gasteiger partial charge in [0.05, 0.1) is 10.5 Å². The molecule has 1 aromatic heterocycles. The fourth-order valence-corrected chi connectivity index (χ4v) is 3.38. The van der Waals surface area contributed by atoms with Gasteiger partial charge in [-0.2, -0.15) is 8.42 Å². The zero-order chi connectivity index (χ0) is 18.0. The highest BCUT2D eigenvalue weighted by molar-refractivity contribution is 7.90. The predicted octanol–water partition coefficient (Wildman–Crippen LogP) is 2.57. The number of nitrogen functional groups attached to an aromatic ring is 1. The number of halogens is 1. The average Bonchev–Trinajstić information content (AvgIpc) is 2.97. The van der Waals surface area contributed by atoms with E-state index in [0.29, 0.717) is 9.11 Å². The summed E-state index contributed by atoms with van der Waals surface area (Å²) in [4.78, 5) is 12.1. The summed E-state index contributed by atoms with van der Waals surface area (Å²) < 4.78 is 30.7. The maximum Gasteiger partial charge on any atom is 0.344 e. The third-order valence-electron chi connectivity index (χ3n) is 3.23. The average molecular weight is 378 g/mol. The van der Waals surface area contributed by atoms with Gasteiger partial charge in [0.25, 0.3) is 10.0 Å². The van der Waals surface area contributed by atoms with Crippen LogP contribution in [0.2, 0.25) is 5.02 Å². The Morgan fingerprint density at radius 1 is 1.08 bits per heavy atom. The molecular weight excluding hydrogens is 366 g/mol. The number of hydrogen-bond donors (Lipinski definition) is 1. The van der Waals surface area contributed by atoms with Crippen molar-refractivity contribution >= 4 is 33.4 Å². The molecule has 9 heteroatoms. The molecule has 0 saturated carbocycles. The smallest absolute Gasteiger partial charge is 0.344 e. The van der Waals surface area contributed by atoms with Crippen molar-refractivity contribution in [2.24, 2.45) is 0 Å². The first-order chi connectivity index (χ1) is 11.9. The molecular formula is C16H12ClN3O4S. The Morgan fingerprint density at radius 2 is 1.72 bits per heavy atom. The SMILES string of the molecule is Nc1cc(OC(=O)c2ccc(Cl)cc2)nn1S(=O)(=O)c1ccccc1. The van der Waals surface area contributed by atoms with Crippen molar-refractivity contribution < 1.29 is 17.9 Å². The zero-order valence-corrected chi connectivity index (χ0v) is 14.2. The van der Waals surface area contributed by atoms with Crippen LogP contribution >= 0.6 is 11.6 Å². The van der Waals surface area contributed by atoms with E-state index in [4.69, 9.17) is 22.1 Å². The van der Waals surface area contributed by atoms with Crippen LogP contribution in [0.15, 0.2) is 65.6 Å². The molecule has 2 aromatic carbocycles. The topological polar surface area (TPSA) is 104 Å². The summed E-state index contributed by atoms with van der Waals surface area (Å²) in [5.74, 6) is -1.11. The van der Waals surface area contributed by atoms with Gasteiger partial charge in [-0.1, -0.05) is 29.8 Å². The van der Waals surface area contributed by atoms with Gasteiger partial charge in [0.2, 0.25) is 5.88 Å². The summed E-state index contributed by atoms with van der Waals surface area (Å²) in [5.41, 5.74) is 5.95. The number of carbonyl (C=O) groups excluding carboxylic acids is 1. The summed E-state index contributed by atoms with van der Waals surface area (Å²) in [6.07, 6.45) is 0. The monoisotopic (exact) mass is 377 g/mol. The zero-order valence-electron chi connectivity index (χ0n) is 12.7. The minimum atomic E-state index is -3.98. The number of carbonyl (C=O) groups is 1. The van der Waals surface area contributed by atoms with Crippen LogP contribution in [0, 0.1) is 0 Å². The minimum Gasteiger partial charge on any atom is -0.402 e. The molecule has 0 unspecified atom stereocenters. The van der Waals surface area contributed by atoms with Gasteiger partial charge in [0, 0.05) is 11.1 Å². The van der Waals surface area contributed by atoms with Crippen LogP contribution in [0.4, 0.5) is 5.82 Å². The molecule has 0 radical (unpaired) electrons. The van der Waals surface area contributed by atoms with Crippen molar-refractivity contribution in [2.75, 3.05) is 5.73 Å². The fourth-order valence-electron chi connectivity index (χ4n) is 2.03. The van der Waals surface area contributed by atoms with Gasteiger partial charge in [0.15, 0.2) is 0 Å². The minimum absolute atomic E-state index is 0.0142. The Bertz CT molecular complexity index is 1020. The van der Waals surface area contributed by atoms with E-state index < -0.39 is 16.0 Å². The molecule has 1 heterocycles. The van der Waals surface area contributed by atoms with Gasteiger partial charge in [-0.3, -0.25) is 0 Å². The molecule has 3 aromatic rings. The Labute approximate surface area is 148 Å². The fraction of sp³-hybridized carbons (Fsp3) is 0. The molecule has 128 valence electrons. The van der Waals surface area contributed by atoms with E-state index >= 15 is 0 Å². The van der Waals surface area contributed by atoms with E-state index in [9.17, 15) is 13.2 Å². The van der Waals surface area contributed by atoms with Crippen molar-refractivity contribution in [3.8, 4) is 5.88 Å². The molecule has 0 aliphatic rings. The normalized spacial score (nSPS) is 11.2. The van der Waals surface area contributed by atoms with Gasteiger partial charge in [0.1, 0.15) is 5.82 Å². The van der Waals surface area contributed by atoms with Crippen LogP contribution in [0.3, 0.4) is 0 Å². The number of ether oxygens (including phenoxy) is 1. The summed E-state index contributed by atoms with van der Waals surface area (Å²) in [5, 5.41) is 4.25. The molecule has 0 amide bonds. The van der Waals surface area contributed by atoms with Gasteiger partial charge in [-0.05, 0) is 36.4 Å². The molecule has 0 atom stereocenters. The second-order valence-corrected chi connectivity index (χ2v) is 7.17. The third-order valence-corrected chi connectivity index (χ3v) is 5.10. The van der Waals surface area contributed by atoms with Crippen molar-refractivity contribution in [3.63, 3.8) is 0 Å². The summed E-state index contributed by atoms with van der Waals surface area (Å²) in [6, 6.07) is 14.8. The molecule has 2 N–H and O–H groups in total. The van der Waals surface area contributed by atoms with Crippen LogP contribution in [-0.2, 0) is 10.0 Å². The second-order valence-electron chi connectivity index (χ2n) is 4.96. The largest absolute Gasteiger partial charge is 0.402 e. The number of benzene rings is 2. The lowest BCUT2D eigenvalue weighted by molar-refractivity contribution is 0.0727. The standard InChI is InChI=1S/C16H12ClN3O4S/c17-12-8-6-11(7-9-12)16(21)24-15-10-14(18)20(19-15)25(22,23)13-4-2-1-3-5-13/h1-10H,18H2. The number of rotatable bonds is 4. The van der Waals surface area contributed by atoms with Crippen molar-refractivity contribution in [1.29, 1.82) is 0 Å². The number of aromatic nitrogens is 2. The molecule has 0 aliphatic heterocycles. The van der Waals surface area contributed by atoms with Gasteiger partial charge in [-0.15, -0.1) is 9.19 Å². The van der Waals surface area contributed by atoms with Crippen LogP contribution in [0.5, 0.6) is 5.88 Å². The highest BCUT2D eigenvalue weighted by Gasteiger charge is 2.22. The Balaban J connectivity index is 1.88. The molecule has 0 bridgehead atoms. The van der Waals surface area contributed by atoms with Crippen LogP contribution in [0.25, 0.3) is 0 Å². The van der Waals surface area contributed by atoms with Crippen LogP contribution in [-0.4, -0.2) is 23.6 Å². The van der Waals surface area contributed by atoms with Crippen LogP contribution < -0.4 is 10.5 Å². The molecule has 7 nitrogen and oxygen atoms in total. The van der Waals surface area contributed by atoms with E-state index in [1.54, 1.807) is 18.2 Å². The lowest BCUT2D eigenvalue weighted by Crippen LogP contribution is -2.17. The maximum atomic E-state index is 12.5. The second kappa shape index (κ2) is 6.58. The molecule has 25 heavy (non-hydrogen) atoms. The third kappa shape index (κ3) is 3.49.